The molecule has 3 heteroatoms. The Bertz CT molecular complexity index is 1190. The molecule has 0 aliphatic heterocycles. The molecule has 5 rings (SSSR count). The lowest BCUT2D eigenvalue weighted by atomic mass is 9.87. The minimum absolute atomic E-state index is 0.0538. The highest BCUT2D eigenvalue weighted by Crippen LogP contribution is 2.49. The van der Waals surface area contributed by atoms with Crippen molar-refractivity contribution >= 4 is 0 Å². The van der Waals surface area contributed by atoms with E-state index in [2.05, 4.69) is 71.5 Å². The Hall–Kier alpha value is -3.46. The third kappa shape index (κ3) is 2.51. The van der Waals surface area contributed by atoms with E-state index in [1.54, 1.807) is 0 Å². The van der Waals surface area contributed by atoms with E-state index in [4.69, 9.17) is 0 Å². The Balaban J connectivity index is 1.85. The minimum Gasteiger partial charge on any atom is -0.305 e. The first-order chi connectivity index (χ1) is 13.2. The number of benzene rings is 3. The number of rotatable bonds is 2. The molecule has 0 saturated heterocycles. The molecule has 4 aromatic rings. The molecule has 1 aromatic heterocycles. The van der Waals surface area contributed by atoms with Crippen molar-refractivity contribution in [3.8, 4) is 22.5 Å². The lowest BCUT2D eigenvalue weighted by Crippen LogP contribution is -2.15. The second-order valence-corrected chi connectivity index (χ2v) is 6.98. The predicted molar refractivity (Wildman–Crippen MR) is 108 cm³/mol. The van der Waals surface area contributed by atoms with E-state index in [-0.39, 0.29) is 11.6 Å². The number of hydrogen-bond acceptors (Lipinski definition) is 2. The van der Waals surface area contributed by atoms with Gasteiger partial charge in [-0.05, 0) is 18.1 Å². The molecular formula is C24H18N2O. The van der Waals surface area contributed by atoms with Crippen molar-refractivity contribution in [2.75, 3.05) is 0 Å². The molecule has 0 bridgehead atoms. The van der Waals surface area contributed by atoms with Crippen molar-refractivity contribution < 1.29 is 0 Å². The van der Waals surface area contributed by atoms with Crippen molar-refractivity contribution in [2.24, 2.45) is 0 Å². The van der Waals surface area contributed by atoms with Crippen LogP contribution in [-0.4, -0.2) is 9.97 Å². The molecule has 1 aliphatic carbocycles. The maximum absolute atomic E-state index is 12.4. The van der Waals surface area contributed by atoms with Gasteiger partial charge in [0.2, 0.25) is 0 Å². The third-order valence-electron chi connectivity index (χ3n) is 5.26. The van der Waals surface area contributed by atoms with Gasteiger partial charge in [0.25, 0.3) is 0 Å². The molecule has 0 amide bonds. The van der Waals surface area contributed by atoms with Crippen LogP contribution < -0.4 is 5.69 Å². The number of H-pyrrole nitrogens is 1. The molecule has 130 valence electrons. The van der Waals surface area contributed by atoms with E-state index in [0.717, 1.165) is 28.1 Å². The Morgan fingerprint density at radius 2 is 1.56 bits per heavy atom. The number of aromatic nitrogens is 2. The monoisotopic (exact) mass is 350 g/mol. The number of aryl methyl sites for hydroxylation is 1. The SMILES string of the molecule is Cc1ccc(-c2nc(=O)[nH]c3c2C(c2ccccc2)c2ccccc2-3)cc1. The van der Waals surface area contributed by atoms with Crippen molar-refractivity contribution in [3.05, 3.63) is 112 Å². The molecule has 0 spiro atoms. The van der Waals surface area contributed by atoms with Crippen LogP contribution in [0.15, 0.2) is 83.7 Å². The summed E-state index contributed by atoms with van der Waals surface area (Å²) < 4.78 is 0. The van der Waals surface area contributed by atoms with Crippen LogP contribution in [0.2, 0.25) is 0 Å². The minimum atomic E-state index is -0.312. The lowest BCUT2D eigenvalue weighted by Gasteiger charge is -2.17. The summed E-state index contributed by atoms with van der Waals surface area (Å²) in [5.74, 6) is 0.0538. The standard InChI is InChI=1S/C24H18N2O/c1-15-11-13-17(14-12-15)22-21-20(16-7-3-2-4-8-16)18-9-5-6-10-19(18)23(21)26-24(27)25-22/h2-14,20H,1H3,(H,25,26,27). The smallest absolute Gasteiger partial charge is 0.305 e. The fourth-order valence-corrected chi connectivity index (χ4v) is 4.03. The topological polar surface area (TPSA) is 45.8 Å². The summed E-state index contributed by atoms with van der Waals surface area (Å²) >= 11 is 0. The van der Waals surface area contributed by atoms with Gasteiger partial charge in [0.05, 0.1) is 11.4 Å². The van der Waals surface area contributed by atoms with Crippen LogP contribution in [0.25, 0.3) is 22.5 Å². The maximum atomic E-state index is 12.4. The van der Waals surface area contributed by atoms with E-state index >= 15 is 0 Å². The zero-order chi connectivity index (χ0) is 18.4. The highest BCUT2D eigenvalue weighted by molar-refractivity contribution is 5.84. The molecule has 1 atom stereocenters. The van der Waals surface area contributed by atoms with Crippen LogP contribution in [-0.2, 0) is 0 Å². The molecule has 1 unspecified atom stereocenters. The number of nitrogens with zero attached hydrogens (tertiary/aromatic N) is 1. The van der Waals surface area contributed by atoms with Crippen molar-refractivity contribution in [2.45, 2.75) is 12.8 Å². The Labute approximate surface area is 157 Å². The summed E-state index contributed by atoms with van der Waals surface area (Å²) in [5.41, 5.74) is 8.04. The van der Waals surface area contributed by atoms with Crippen molar-refractivity contribution in [1.29, 1.82) is 0 Å². The summed E-state index contributed by atoms with van der Waals surface area (Å²) in [6.07, 6.45) is 0. The summed E-state index contributed by atoms with van der Waals surface area (Å²) in [6, 6.07) is 26.9. The molecule has 3 aromatic carbocycles. The summed E-state index contributed by atoms with van der Waals surface area (Å²) in [4.78, 5) is 19.8. The molecule has 0 saturated carbocycles. The van der Waals surface area contributed by atoms with Gasteiger partial charge in [-0.3, -0.25) is 0 Å². The van der Waals surface area contributed by atoms with E-state index in [1.165, 1.54) is 16.7 Å². The number of aromatic amines is 1. The molecule has 1 aliphatic rings. The zero-order valence-electron chi connectivity index (χ0n) is 14.9. The lowest BCUT2D eigenvalue weighted by molar-refractivity contribution is 0.975. The van der Waals surface area contributed by atoms with Crippen LogP contribution in [0.3, 0.4) is 0 Å². The predicted octanol–water partition coefficient (Wildman–Crippen LogP) is 4.91. The molecular weight excluding hydrogens is 332 g/mol. The molecule has 1 heterocycles. The number of nitrogens with one attached hydrogen (secondary N) is 1. The molecule has 27 heavy (non-hydrogen) atoms. The average molecular weight is 350 g/mol. The van der Waals surface area contributed by atoms with Crippen LogP contribution >= 0.6 is 0 Å². The highest BCUT2D eigenvalue weighted by atomic mass is 16.1. The normalized spacial score (nSPS) is 14.6. The molecule has 0 radical (unpaired) electrons. The first-order valence-electron chi connectivity index (χ1n) is 9.08. The number of fused-ring (bicyclic) bond motifs is 3. The molecule has 0 fully saturated rings. The highest BCUT2D eigenvalue weighted by Gasteiger charge is 2.34. The van der Waals surface area contributed by atoms with E-state index in [0.29, 0.717) is 0 Å². The fourth-order valence-electron chi connectivity index (χ4n) is 4.03. The largest absolute Gasteiger partial charge is 0.345 e. The maximum Gasteiger partial charge on any atom is 0.345 e. The van der Waals surface area contributed by atoms with Crippen LogP contribution in [0, 0.1) is 6.92 Å². The van der Waals surface area contributed by atoms with Gasteiger partial charge in [-0.2, -0.15) is 4.98 Å². The second-order valence-electron chi connectivity index (χ2n) is 6.98. The van der Waals surface area contributed by atoms with Gasteiger partial charge >= 0.3 is 5.69 Å². The third-order valence-corrected chi connectivity index (χ3v) is 5.26. The van der Waals surface area contributed by atoms with Gasteiger partial charge in [0.15, 0.2) is 0 Å². The Morgan fingerprint density at radius 3 is 2.33 bits per heavy atom. The van der Waals surface area contributed by atoms with Crippen molar-refractivity contribution in [1.82, 2.24) is 9.97 Å². The fraction of sp³-hybridized carbons (Fsp3) is 0.0833. The van der Waals surface area contributed by atoms with Crippen LogP contribution in [0.4, 0.5) is 0 Å². The van der Waals surface area contributed by atoms with Gasteiger partial charge < -0.3 is 4.98 Å². The summed E-state index contributed by atoms with van der Waals surface area (Å²) in [7, 11) is 0. The summed E-state index contributed by atoms with van der Waals surface area (Å²) in [5, 5.41) is 0. The zero-order valence-corrected chi connectivity index (χ0v) is 14.9. The van der Waals surface area contributed by atoms with Gasteiger partial charge in [0.1, 0.15) is 0 Å². The van der Waals surface area contributed by atoms with Gasteiger partial charge in [0, 0.05) is 22.6 Å². The van der Waals surface area contributed by atoms with E-state index < -0.39 is 0 Å². The Kier molecular flexibility index (Phi) is 3.54. The van der Waals surface area contributed by atoms with E-state index in [1.807, 2.05) is 24.3 Å². The summed E-state index contributed by atoms with van der Waals surface area (Å²) in [6.45, 7) is 2.06. The molecule has 3 nitrogen and oxygen atoms in total. The second kappa shape index (κ2) is 6.06. The van der Waals surface area contributed by atoms with Crippen LogP contribution in [0.1, 0.15) is 28.2 Å². The quantitative estimate of drug-likeness (QED) is 0.492. The first kappa shape index (κ1) is 15.8. The molecule has 1 N–H and O–H groups in total. The van der Waals surface area contributed by atoms with Crippen molar-refractivity contribution in [3.63, 3.8) is 0 Å². The first-order valence-corrected chi connectivity index (χ1v) is 9.08. The van der Waals surface area contributed by atoms with Gasteiger partial charge in [-0.25, -0.2) is 4.79 Å². The van der Waals surface area contributed by atoms with Crippen LogP contribution in [0.5, 0.6) is 0 Å². The van der Waals surface area contributed by atoms with Gasteiger partial charge in [-0.1, -0.05) is 84.4 Å². The Morgan fingerprint density at radius 1 is 0.852 bits per heavy atom. The van der Waals surface area contributed by atoms with Gasteiger partial charge in [-0.15, -0.1) is 0 Å². The average Bonchev–Trinajstić information content (AvgIpc) is 3.03. The van der Waals surface area contributed by atoms with E-state index in [9.17, 15) is 4.79 Å². The number of hydrogen-bond donors (Lipinski definition) is 1.